The molecule has 0 bridgehead atoms. The van der Waals surface area contributed by atoms with Gasteiger partial charge in [0.15, 0.2) is 5.82 Å². The Hall–Kier alpha value is -4.09. The van der Waals surface area contributed by atoms with Gasteiger partial charge in [-0.3, -0.25) is 9.48 Å². The fourth-order valence-electron chi connectivity index (χ4n) is 5.42. The van der Waals surface area contributed by atoms with Crippen LogP contribution in [0.5, 0.6) is 0 Å². The van der Waals surface area contributed by atoms with Gasteiger partial charge >= 0.3 is 6.18 Å². The summed E-state index contributed by atoms with van der Waals surface area (Å²) >= 11 is 0. The maximum atomic E-state index is 13.5. The molecule has 8 nitrogen and oxygen atoms in total. The maximum absolute atomic E-state index is 13.5. The molecule has 3 aromatic heterocycles. The normalized spacial score (nSPS) is 15.7. The van der Waals surface area contributed by atoms with Crippen LogP contribution in [0.15, 0.2) is 36.7 Å². The van der Waals surface area contributed by atoms with Crippen molar-refractivity contribution in [3.63, 3.8) is 0 Å². The van der Waals surface area contributed by atoms with E-state index < -0.39 is 18.0 Å². The van der Waals surface area contributed by atoms with Gasteiger partial charge in [-0.05, 0) is 51.0 Å². The molecule has 5 rings (SSSR count). The summed E-state index contributed by atoms with van der Waals surface area (Å²) in [6.45, 7) is 5.09. The molecule has 210 valence electrons. The first kappa shape index (κ1) is 27.5. The molecule has 4 heterocycles. The van der Waals surface area contributed by atoms with E-state index in [-0.39, 0.29) is 30.9 Å². The average Bonchev–Trinajstić information content (AvgIpc) is 3.60. The highest BCUT2D eigenvalue weighted by atomic mass is 19.4. The number of aryl methyl sites for hydroxylation is 2. The van der Waals surface area contributed by atoms with E-state index in [1.54, 1.807) is 36.7 Å². The van der Waals surface area contributed by atoms with Gasteiger partial charge in [0.25, 0.3) is 5.91 Å². The number of nitrogens with zero attached hydrogens (tertiary/aromatic N) is 7. The Morgan fingerprint density at radius 1 is 1.10 bits per heavy atom. The second-order valence-electron chi connectivity index (χ2n) is 10.0. The monoisotopic (exact) mass is 555 g/mol. The second kappa shape index (κ2) is 10.5. The van der Waals surface area contributed by atoms with Gasteiger partial charge in [-0.15, -0.1) is 0 Å². The van der Waals surface area contributed by atoms with Crippen LogP contribution in [0.2, 0.25) is 0 Å². The fraction of sp³-hybridized carbons (Fsp3) is 0.393. The number of hydrogen-bond acceptors (Lipinski definition) is 5. The summed E-state index contributed by atoms with van der Waals surface area (Å²) in [5.41, 5.74) is 5.49. The molecule has 0 N–H and O–H groups in total. The molecule has 1 fully saturated rings. The summed E-state index contributed by atoms with van der Waals surface area (Å²) in [4.78, 5) is 23.2. The van der Waals surface area contributed by atoms with Crippen LogP contribution in [0.4, 0.5) is 17.6 Å². The van der Waals surface area contributed by atoms with Crippen molar-refractivity contribution in [2.75, 3.05) is 13.1 Å². The van der Waals surface area contributed by atoms with Crippen molar-refractivity contribution in [2.24, 2.45) is 13.0 Å². The van der Waals surface area contributed by atoms with E-state index in [0.29, 0.717) is 35.7 Å². The standard InChI is InChI=1S/C28H29F4N7O/c1-5-22-23(36-37(4)26(22)18-6-8-20(29)9-7-18)12-21-13-24(34-15-33-21)39-17(3)25(16(2)35-39)27(40)38-11-10-19(14-38)28(30,31)32/h6-9,13,15,19H,5,10-12,14H2,1-4H3. The van der Waals surface area contributed by atoms with Gasteiger partial charge in [-0.25, -0.2) is 19.0 Å². The molecule has 12 heteroatoms. The lowest BCUT2D eigenvalue weighted by Gasteiger charge is -2.18. The molecule has 1 unspecified atom stereocenters. The van der Waals surface area contributed by atoms with Crippen molar-refractivity contribution in [1.82, 2.24) is 34.4 Å². The molecule has 1 aromatic carbocycles. The molecule has 0 spiro atoms. The van der Waals surface area contributed by atoms with E-state index in [1.807, 2.05) is 14.0 Å². The van der Waals surface area contributed by atoms with Crippen LogP contribution in [-0.4, -0.2) is 59.6 Å². The average molecular weight is 556 g/mol. The molecule has 1 aliphatic rings. The number of likely N-dealkylation sites (tertiary alicyclic amines) is 1. The lowest BCUT2D eigenvalue weighted by molar-refractivity contribution is -0.169. The highest BCUT2D eigenvalue weighted by Crippen LogP contribution is 2.34. The van der Waals surface area contributed by atoms with E-state index in [0.717, 1.165) is 22.5 Å². The van der Waals surface area contributed by atoms with Crippen molar-refractivity contribution in [2.45, 2.75) is 46.2 Å². The van der Waals surface area contributed by atoms with E-state index in [9.17, 15) is 22.4 Å². The SMILES string of the molecule is CCc1c(Cc2cc(-n3nc(C)c(C(=O)N4CCC(C(F)(F)F)C4)c3C)ncn2)nn(C)c1-c1ccc(F)cc1. The fourth-order valence-corrected chi connectivity index (χ4v) is 5.42. The highest BCUT2D eigenvalue weighted by molar-refractivity contribution is 5.96. The number of alkyl halides is 3. The first-order valence-corrected chi connectivity index (χ1v) is 13.0. The lowest BCUT2D eigenvalue weighted by atomic mass is 10.0. The summed E-state index contributed by atoms with van der Waals surface area (Å²) in [6.07, 6.45) is -1.90. The molecular weight excluding hydrogens is 526 g/mol. The number of amides is 1. The third-order valence-corrected chi connectivity index (χ3v) is 7.42. The zero-order chi connectivity index (χ0) is 28.8. The van der Waals surface area contributed by atoms with Gasteiger partial charge in [0.2, 0.25) is 0 Å². The molecular formula is C28H29F4N7O. The zero-order valence-electron chi connectivity index (χ0n) is 22.6. The number of benzene rings is 1. The van der Waals surface area contributed by atoms with Crippen LogP contribution in [0.25, 0.3) is 17.1 Å². The van der Waals surface area contributed by atoms with Crippen LogP contribution in [0, 0.1) is 25.6 Å². The minimum Gasteiger partial charge on any atom is -0.338 e. The third kappa shape index (κ3) is 5.09. The van der Waals surface area contributed by atoms with Crippen molar-refractivity contribution < 1.29 is 22.4 Å². The number of hydrogen-bond donors (Lipinski definition) is 0. The molecule has 0 aliphatic carbocycles. The first-order chi connectivity index (χ1) is 19.0. The number of halogens is 4. The van der Waals surface area contributed by atoms with Gasteiger partial charge in [-0.1, -0.05) is 6.92 Å². The topological polar surface area (TPSA) is 81.7 Å². The van der Waals surface area contributed by atoms with E-state index in [4.69, 9.17) is 5.10 Å². The third-order valence-electron chi connectivity index (χ3n) is 7.42. The van der Waals surface area contributed by atoms with Gasteiger partial charge < -0.3 is 4.90 Å². The number of carbonyl (C=O) groups is 1. The van der Waals surface area contributed by atoms with Gasteiger partial charge in [0.1, 0.15) is 12.1 Å². The summed E-state index contributed by atoms with van der Waals surface area (Å²) in [6, 6.07) is 8.05. The zero-order valence-corrected chi connectivity index (χ0v) is 22.6. The number of aromatic nitrogens is 6. The second-order valence-corrected chi connectivity index (χ2v) is 10.0. The van der Waals surface area contributed by atoms with Crippen molar-refractivity contribution in [3.8, 4) is 17.1 Å². The predicted octanol–water partition coefficient (Wildman–Crippen LogP) is 5.00. The highest BCUT2D eigenvalue weighted by Gasteiger charge is 2.45. The smallest absolute Gasteiger partial charge is 0.338 e. The van der Waals surface area contributed by atoms with Gasteiger partial charge in [-0.2, -0.15) is 23.4 Å². The molecule has 1 amide bonds. The molecule has 1 atom stereocenters. The Morgan fingerprint density at radius 3 is 2.48 bits per heavy atom. The summed E-state index contributed by atoms with van der Waals surface area (Å²) < 4.78 is 56.3. The predicted molar refractivity (Wildman–Crippen MR) is 139 cm³/mol. The van der Waals surface area contributed by atoms with Crippen molar-refractivity contribution in [1.29, 1.82) is 0 Å². The quantitative estimate of drug-likeness (QED) is 0.313. The minimum atomic E-state index is -4.33. The maximum Gasteiger partial charge on any atom is 0.393 e. The number of rotatable bonds is 6. The Balaban J connectivity index is 1.42. The van der Waals surface area contributed by atoms with Crippen LogP contribution in [-0.2, 0) is 19.9 Å². The van der Waals surface area contributed by atoms with Crippen molar-refractivity contribution >= 4 is 5.91 Å². The minimum absolute atomic E-state index is 0.0501. The number of carbonyl (C=O) groups excluding carboxylic acids is 1. The van der Waals surface area contributed by atoms with E-state index in [1.165, 1.54) is 28.0 Å². The Kier molecular flexibility index (Phi) is 7.19. The lowest BCUT2D eigenvalue weighted by Crippen LogP contribution is -2.32. The van der Waals surface area contributed by atoms with Crippen LogP contribution < -0.4 is 0 Å². The Morgan fingerprint density at radius 2 is 1.82 bits per heavy atom. The molecule has 4 aromatic rings. The van der Waals surface area contributed by atoms with Gasteiger partial charge in [0, 0.05) is 43.8 Å². The first-order valence-electron chi connectivity index (χ1n) is 13.0. The summed E-state index contributed by atoms with van der Waals surface area (Å²) in [5.74, 6) is -1.85. The summed E-state index contributed by atoms with van der Waals surface area (Å²) in [5, 5.41) is 9.21. The van der Waals surface area contributed by atoms with Crippen LogP contribution in [0.3, 0.4) is 0 Å². The van der Waals surface area contributed by atoms with E-state index in [2.05, 4.69) is 15.1 Å². The van der Waals surface area contributed by atoms with E-state index >= 15 is 0 Å². The Bertz CT molecular complexity index is 1560. The molecule has 0 radical (unpaired) electrons. The Labute approximate surface area is 228 Å². The molecule has 1 aliphatic heterocycles. The molecule has 1 saturated heterocycles. The largest absolute Gasteiger partial charge is 0.393 e. The molecule has 0 saturated carbocycles. The summed E-state index contributed by atoms with van der Waals surface area (Å²) in [7, 11) is 1.85. The van der Waals surface area contributed by atoms with Crippen molar-refractivity contribution in [3.05, 3.63) is 76.4 Å². The van der Waals surface area contributed by atoms with Gasteiger partial charge in [0.05, 0.1) is 40.0 Å². The molecule has 40 heavy (non-hydrogen) atoms. The van der Waals surface area contributed by atoms with Crippen LogP contribution >= 0.6 is 0 Å². The van der Waals surface area contributed by atoms with Crippen LogP contribution in [0.1, 0.15) is 52.0 Å².